The van der Waals surface area contributed by atoms with Crippen molar-refractivity contribution in [2.75, 3.05) is 0 Å². The van der Waals surface area contributed by atoms with Gasteiger partial charge in [-0.1, -0.05) is 12.1 Å². The number of phenols is 1. The first-order chi connectivity index (χ1) is 6.98. The van der Waals surface area contributed by atoms with Gasteiger partial charge in [0.05, 0.1) is 5.41 Å². The monoisotopic (exact) mass is 205 g/mol. The van der Waals surface area contributed by atoms with Crippen LogP contribution in [-0.2, 0) is 10.2 Å². The highest BCUT2D eigenvalue weighted by molar-refractivity contribution is 5.87. The van der Waals surface area contributed by atoms with Crippen LogP contribution in [0.4, 0.5) is 0 Å². The summed E-state index contributed by atoms with van der Waals surface area (Å²) in [6.45, 7) is 3.33. The number of phenolic OH excluding ortho intramolecular Hbond substituents is 1. The molecule has 1 rings (SSSR count). The first-order valence-electron chi connectivity index (χ1n) is 4.37. The third-order valence-electron chi connectivity index (χ3n) is 2.26. The van der Waals surface area contributed by atoms with Crippen LogP contribution in [0.5, 0.6) is 5.75 Å². The molecule has 5 heteroatoms. The number of azide groups is 1. The standard InChI is InChI=1S/C10H11N3O2/c1-10(2,9(15)12-13-11)7-3-5-8(14)6-4-7/h3-6,14H,1-2H3. The molecule has 0 saturated heterocycles. The molecule has 0 unspecified atom stereocenters. The Morgan fingerprint density at radius 2 is 1.93 bits per heavy atom. The number of hydrogen-bond acceptors (Lipinski definition) is 2. The van der Waals surface area contributed by atoms with Gasteiger partial charge in [0.25, 0.3) is 0 Å². The summed E-state index contributed by atoms with van der Waals surface area (Å²) in [5.74, 6) is -0.415. The minimum atomic E-state index is -0.875. The van der Waals surface area contributed by atoms with Crippen molar-refractivity contribution in [2.24, 2.45) is 5.11 Å². The minimum absolute atomic E-state index is 0.130. The molecular weight excluding hydrogens is 194 g/mol. The second-order valence-electron chi connectivity index (χ2n) is 3.67. The lowest BCUT2D eigenvalue weighted by Gasteiger charge is -2.20. The van der Waals surface area contributed by atoms with Crippen molar-refractivity contribution in [3.05, 3.63) is 40.3 Å². The Kier molecular flexibility index (Phi) is 2.97. The van der Waals surface area contributed by atoms with E-state index in [2.05, 4.69) is 10.0 Å². The maximum Gasteiger partial charge on any atom is 0.228 e. The quantitative estimate of drug-likeness (QED) is 0.456. The summed E-state index contributed by atoms with van der Waals surface area (Å²) in [6.07, 6.45) is 0. The minimum Gasteiger partial charge on any atom is -0.508 e. The van der Waals surface area contributed by atoms with Gasteiger partial charge in [-0.05, 0) is 42.2 Å². The fourth-order valence-electron chi connectivity index (χ4n) is 1.17. The number of hydrogen-bond donors (Lipinski definition) is 1. The van der Waals surface area contributed by atoms with E-state index in [1.54, 1.807) is 26.0 Å². The van der Waals surface area contributed by atoms with E-state index in [4.69, 9.17) is 10.6 Å². The Morgan fingerprint density at radius 3 is 2.40 bits per heavy atom. The zero-order valence-electron chi connectivity index (χ0n) is 8.51. The molecule has 0 fully saturated rings. The molecule has 5 nitrogen and oxygen atoms in total. The zero-order chi connectivity index (χ0) is 11.5. The summed E-state index contributed by atoms with van der Waals surface area (Å²) in [7, 11) is 0. The number of amides is 1. The van der Waals surface area contributed by atoms with E-state index >= 15 is 0 Å². The molecule has 0 bridgehead atoms. The van der Waals surface area contributed by atoms with Crippen molar-refractivity contribution in [1.82, 2.24) is 0 Å². The Morgan fingerprint density at radius 1 is 1.40 bits per heavy atom. The van der Waals surface area contributed by atoms with Gasteiger partial charge in [0.2, 0.25) is 5.91 Å². The summed E-state index contributed by atoms with van der Waals surface area (Å²) in [6, 6.07) is 6.22. The topological polar surface area (TPSA) is 86.1 Å². The smallest absolute Gasteiger partial charge is 0.228 e. The van der Waals surface area contributed by atoms with Crippen molar-refractivity contribution in [3.8, 4) is 5.75 Å². The number of aromatic hydroxyl groups is 1. The van der Waals surface area contributed by atoms with Crippen molar-refractivity contribution in [3.63, 3.8) is 0 Å². The molecule has 1 amide bonds. The van der Waals surface area contributed by atoms with Gasteiger partial charge in [-0.3, -0.25) is 4.79 Å². The predicted molar refractivity (Wildman–Crippen MR) is 55.3 cm³/mol. The normalized spacial score (nSPS) is 10.5. The highest BCUT2D eigenvalue weighted by Crippen LogP contribution is 2.26. The molecule has 0 aliphatic rings. The first kappa shape index (κ1) is 11.1. The van der Waals surface area contributed by atoms with E-state index in [9.17, 15) is 4.79 Å². The molecule has 0 aliphatic carbocycles. The van der Waals surface area contributed by atoms with Gasteiger partial charge in [-0.25, -0.2) is 0 Å². The lowest BCUT2D eigenvalue weighted by Crippen LogP contribution is -2.26. The van der Waals surface area contributed by atoms with Crippen LogP contribution in [0.2, 0.25) is 0 Å². The summed E-state index contributed by atoms with van der Waals surface area (Å²) in [5, 5.41) is 12.2. The van der Waals surface area contributed by atoms with Gasteiger partial charge in [-0.15, -0.1) is 0 Å². The molecule has 1 N–H and O–H groups in total. The average Bonchev–Trinajstić information content (AvgIpc) is 2.18. The molecule has 15 heavy (non-hydrogen) atoms. The SMILES string of the molecule is CC(C)(C(=O)N=[N+]=[N-])c1ccc(O)cc1. The predicted octanol–water partition coefficient (Wildman–Crippen LogP) is 2.51. The van der Waals surface area contributed by atoms with Gasteiger partial charge >= 0.3 is 0 Å². The molecule has 0 saturated carbocycles. The van der Waals surface area contributed by atoms with E-state index < -0.39 is 11.3 Å². The van der Waals surface area contributed by atoms with Gasteiger partial charge in [-0.2, -0.15) is 0 Å². The first-order valence-corrected chi connectivity index (χ1v) is 4.37. The molecule has 0 atom stereocenters. The van der Waals surface area contributed by atoms with E-state index in [0.717, 1.165) is 0 Å². The Balaban J connectivity index is 3.10. The summed E-state index contributed by atoms with van der Waals surface area (Å²) >= 11 is 0. The van der Waals surface area contributed by atoms with Crippen LogP contribution < -0.4 is 0 Å². The maximum absolute atomic E-state index is 11.5. The molecule has 0 aliphatic heterocycles. The van der Waals surface area contributed by atoms with Crippen molar-refractivity contribution in [1.29, 1.82) is 0 Å². The molecule has 1 aromatic carbocycles. The second kappa shape index (κ2) is 4.02. The molecule has 78 valence electrons. The largest absolute Gasteiger partial charge is 0.508 e. The summed E-state index contributed by atoms with van der Waals surface area (Å²) in [4.78, 5) is 13.9. The fraction of sp³-hybridized carbons (Fsp3) is 0.300. The van der Waals surface area contributed by atoms with Crippen LogP contribution >= 0.6 is 0 Å². The van der Waals surface area contributed by atoms with Gasteiger partial charge in [0.15, 0.2) is 0 Å². The fourth-order valence-corrected chi connectivity index (χ4v) is 1.17. The van der Waals surface area contributed by atoms with E-state index in [1.165, 1.54) is 12.1 Å². The van der Waals surface area contributed by atoms with Gasteiger partial charge in [0.1, 0.15) is 5.75 Å². The van der Waals surface area contributed by atoms with E-state index in [-0.39, 0.29) is 5.75 Å². The van der Waals surface area contributed by atoms with Crippen LogP contribution in [0.3, 0.4) is 0 Å². The van der Waals surface area contributed by atoms with Gasteiger partial charge in [0, 0.05) is 4.91 Å². The summed E-state index contributed by atoms with van der Waals surface area (Å²) < 4.78 is 0. The maximum atomic E-state index is 11.5. The Labute approximate surface area is 87.0 Å². The molecule has 0 spiro atoms. The van der Waals surface area contributed by atoms with Crippen LogP contribution in [0.25, 0.3) is 10.4 Å². The number of carbonyl (C=O) groups is 1. The van der Waals surface area contributed by atoms with Crippen LogP contribution in [0.15, 0.2) is 29.4 Å². The molecular formula is C10H11N3O2. The van der Waals surface area contributed by atoms with Crippen LogP contribution in [-0.4, -0.2) is 11.0 Å². The van der Waals surface area contributed by atoms with Crippen molar-refractivity contribution < 1.29 is 9.90 Å². The van der Waals surface area contributed by atoms with Crippen molar-refractivity contribution in [2.45, 2.75) is 19.3 Å². The highest BCUT2D eigenvalue weighted by Gasteiger charge is 2.28. The number of nitrogens with zero attached hydrogens (tertiary/aromatic N) is 3. The molecule has 0 radical (unpaired) electrons. The van der Waals surface area contributed by atoms with Crippen molar-refractivity contribution >= 4 is 5.91 Å². The number of rotatable bonds is 2. The van der Waals surface area contributed by atoms with E-state index in [0.29, 0.717) is 5.56 Å². The number of benzene rings is 1. The lowest BCUT2D eigenvalue weighted by atomic mass is 9.84. The van der Waals surface area contributed by atoms with Gasteiger partial charge < -0.3 is 5.11 Å². The number of carbonyl (C=O) groups excluding carboxylic acids is 1. The van der Waals surface area contributed by atoms with E-state index in [1.807, 2.05) is 0 Å². The van der Waals surface area contributed by atoms with Crippen LogP contribution in [0.1, 0.15) is 19.4 Å². The Bertz CT molecular complexity index is 417. The zero-order valence-corrected chi connectivity index (χ0v) is 8.51. The lowest BCUT2D eigenvalue weighted by molar-refractivity contribution is -0.122. The van der Waals surface area contributed by atoms with Crippen LogP contribution in [0, 0.1) is 0 Å². The molecule has 0 aromatic heterocycles. The highest BCUT2D eigenvalue weighted by atomic mass is 16.3. The third-order valence-corrected chi connectivity index (χ3v) is 2.26. The average molecular weight is 205 g/mol. The second-order valence-corrected chi connectivity index (χ2v) is 3.67. The Hall–Kier alpha value is -2.00. The third kappa shape index (κ3) is 2.27. The summed E-state index contributed by atoms with van der Waals surface area (Å²) in [5.41, 5.74) is 8.01. The molecule has 1 aromatic rings. The molecule has 0 heterocycles.